The number of carbonyl (C=O) groups excluding carboxylic acids is 2. The van der Waals surface area contributed by atoms with Crippen LogP contribution < -0.4 is 11.1 Å². The van der Waals surface area contributed by atoms with E-state index in [2.05, 4.69) is 5.32 Å². The Morgan fingerprint density at radius 1 is 0.920 bits per heavy atom. The Balaban J connectivity index is 0.00000225. The zero-order valence-electron chi connectivity index (χ0n) is 13.9. The van der Waals surface area contributed by atoms with Crippen molar-refractivity contribution < 1.29 is 9.59 Å². The molecule has 3 rings (SSSR count). The van der Waals surface area contributed by atoms with E-state index in [1.807, 2.05) is 4.90 Å². The van der Waals surface area contributed by atoms with Crippen molar-refractivity contribution in [1.82, 2.24) is 4.90 Å². The first-order valence-electron chi connectivity index (χ1n) is 8.20. The van der Waals surface area contributed by atoms with E-state index in [9.17, 15) is 9.59 Å². The Bertz CT molecular complexity index is 758. The van der Waals surface area contributed by atoms with Crippen LogP contribution in [0.15, 0.2) is 48.5 Å². The molecule has 2 amide bonds. The molecule has 1 saturated heterocycles. The van der Waals surface area contributed by atoms with Crippen molar-refractivity contribution in [2.75, 3.05) is 24.1 Å². The van der Waals surface area contributed by atoms with Gasteiger partial charge in [0.25, 0.3) is 11.8 Å². The van der Waals surface area contributed by atoms with E-state index in [4.69, 9.17) is 5.73 Å². The molecule has 0 spiro atoms. The molecule has 0 saturated carbocycles. The van der Waals surface area contributed by atoms with Crippen molar-refractivity contribution in [3.63, 3.8) is 0 Å². The molecule has 0 unspecified atom stereocenters. The monoisotopic (exact) mass is 359 g/mol. The molecule has 1 aliphatic heterocycles. The highest BCUT2D eigenvalue weighted by Crippen LogP contribution is 2.17. The fraction of sp³-hybridized carbons (Fsp3) is 0.263. The van der Waals surface area contributed by atoms with Gasteiger partial charge in [0, 0.05) is 35.6 Å². The molecule has 25 heavy (non-hydrogen) atoms. The van der Waals surface area contributed by atoms with E-state index in [0.717, 1.165) is 25.9 Å². The lowest BCUT2D eigenvalue weighted by Gasteiger charge is -2.26. The molecule has 1 heterocycles. The predicted octanol–water partition coefficient (Wildman–Crippen LogP) is 3.57. The maximum atomic E-state index is 12.5. The second kappa shape index (κ2) is 8.53. The Labute approximate surface area is 153 Å². The van der Waals surface area contributed by atoms with Gasteiger partial charge in [0.05, 0.1) is 0 Å². The van der Waals surface area contributed by atoms with Crippen LogP contribution in [0.2, 0.25) is 0 Å². The van der Waals surface area contributed by atoms with Gasteiger partial charge in [-0.1, -0.05) is 12.1 Å². The number of carbonyl (C=O) groups is 2. The van der Waals surface area contributed by atoms with E-state index in [-0.39, 0.29) is 24.2 Å². The van der Waals surface area contributed by atoms with Gasteiger partial charge in [-0.25, -0.2) is 0 Å². The molecule has 3 N–H and O–H groups in total. The fourth-order valence-corrected chi connectivity index (χ4v) is 2.89. The van der Waals surface area contributed by atoms with E-state index in [0.29, 0.717) is 22.5 Å². The summed E-state index contributed by atoms with van der Waals surface area (Å²) in [4.78, 5) is 26.7. The molecule has 132 valence electrons. The molecule has 1 aliphatic rings. The van der Waals surface area contributed by atoms with Crippen molar-refractivity contribution in [2.45, 2.75) is 19.3 Å². The number of likely N-dealkylation sites (tertiary alicyclic amines) is 1. The lowest BCUT2D eigenvalue weighted by molar-refractivity contribution is 0.0724. The number of nitrogens with one attached hydrogen (secondary N) is 1. The normalized spacial score (nSPS) is 13.7. The highest BCUT2D eigenvalue weighted by atomic mass is 35.5. The first kappa shape index (κ1) is 18.8. The third kappa shape index (κ3) is 4.73. The number of halogens is 1. The van der Waals surface area contributed by atoms with Gasteiger partial charge >= 0.3 is 0 Å². The summed E-state index contributed by atoms with van der Waals surface area (Å²) in [6, 6.07) is 13.9. The number of hydrogen-bond donors (Lipinski definition) is 2. The van der Waals surface area contributed by atoms with Crippen LogP contribution >= 0.6 is 12.4 Å². The number of nitrogens with zero attached hydrogens (tertiary/aromatic N) is 1. The molecule has 0 aromatic heterocycles. The zero-order chi connectivity index (χ0) is 16.9. The van der Waals surface area contributed by atoms with Gasteiger partial charge in [-0.2, -0.15) is 0 Å². The fourth-order valence-electron chi connectivity index (χ4n) is 2.89. The summed E-state index contributed by atoms with van der Waals surface area (Å²) in [7, 11) is 0. The molecule has 0 atom stereocenters. The van der Waals surface area contributed by atoms with E-state index in [1.165, 1.54) is 6.42 Å². The summed E-state index contributed by atoms with van der Waals surface area (Å²) in [5, 5.41) is 2.82. The van der Waals surface area contributed by atoms with Crippen LogP contribution in [0.1, 0.15) is 40.0 Å². The largest absolute Gasteiger partial charge is 0.399 e. The predicted molar refractivity (Wildman–Crippen MR) is 102 cm³/mol. The minimum Gasteiger partial charge on any atom is -0.399 e. The quantitative estimate of drug-likeness (QED) is 0.822. The first-order chi connectivity index (χ1) is 11.6. The van der Waals surface area contributed by atoms with Crippen LogP contribution in [0.3, 0.4) is 0 Å². The van der Waals surface area contributed by atoms with Crippen LogP contribution in [0.5, 0.6) is 0 Å². The van der Waals surface area contributed by atoms with Crippen LogP contribution in [0, 0.1) is 0 Å². The molecular formula is C19H22ClN3O2. The molecule has 5 nitrogen and oxygen atoms in total. The number of anilines is 2. The molecular weight excluding hydrogens is 338 g/mol. The van der Waals surface area contributed by atoms with Crippen molar-refractivity contribution in [2.24, 2.45) is 0 Å². The first-order valence-corrected chi connectivity index (χ1v) is 8.20. The van der Waals surface area contributed by atoms with E-state index < -0.39 is 0 Å². The molecule has 2 aromatic carbocycles. The molecule has 2 aromatic rings. The van der Waals surface area contributed by atoms with Gasteiger partial charge in [-0.05, 0) is 55.7 Å². The molecule has 0 bridgehead atoms. The van der Waals surface area contributed by atoms with Gasteiger partial charge in [-0.3, -0.25) is 9.59 Å². The topological polar surface area (TPSA) is 75.4 Å². The maximum absolute atomic E-state index is 12.5. The van der Waals surface area contributed by atoms with Crippen molar-refractivity contribution >= 4 is 35.6 Å². The van der Waals surface area contributed by atoms with Crippen LogP contribution in [0.4, 0.5) is 11.4 Å². The summed E-state index contributed by atoms with van der Waals surface area (Å²) in [5.41, 5.74) is 7.93. The van der Waals surface area contributed by atoms with Gasteiger partial charge in [0.1, 0.15) is 0 Å². The minimum absolute atomic E-state index is 0. The Kier molecular flexibility index (Phi) is 6.42. The number of amides is 2. The lowest BCUT2D eigenvalue weighted by atomic mass is 10.1. The Morgan fingerprint density at radius 2 is 1.60 bits per heavy atom. The summed E-state index contributed by atoms with van der Waals surface area (Å²) in [5.74, 6) is -0.223. The van der Waals surface area contributed by atoms with Crippen molar-refractivity contribution in [1.29, 1.82) is 0 Å². The van der Waals surface area contributed by atoms with Gasteiger partial charge in [0.2, 0.25) is 0 Å². The highest BCUT2D eigenvalue weighted by molar-refractivity contribution is 6.05. The summed E-state index contributed by atoms with van der Waals surface area (Å²) < 4.78 is 0. The number of nitrogens with two attached hydrogens (primary N) is 1. The van der Waals surface area contributed by atoms with Crippen molar-refractivity contribution in [3.05, 3.63) is 59.7 Å². The van der Waals surface area contributed by atoms with Crippen LogP contribution in [0.25, 0.3) is 0 Å². The Hall–Kier alpha value is -2.53. The minimum atomic E-state index is -0.245. The standard InChI is InChI=1S/C19H21N3O2.ClH/c20-16-8-4-6-14(12-16)18(23)21-17-9-5-7-15(13-17)19(24)22-10-2-1-3-11-22;/h4-9,12-13H,1-3,10-11,20H2,(H,21,23);1H. The highest BCUT2D eigenvalue weighted by Gasteiger charge is 2.18. The number of rotatable bonds is 3. The smallest absolute Gasteiger partial charge is 0.255 e. The average molecular weight is 360 g/mol. The lowest BCUT2D eigenvalue weighted by Crippen LogP contribution is -2.35. The molecule has 6 heteroatoms. The molecule has 0 radical (unpaired) electrons. The third-order valence-corrected chi connectivity index (χ3v) is 4.16. The maximum Gasteiger partial charge on any atom is 0.255 e. The SMILES string of the molecule is Cl.Nc1cccc(C(=O)Nc2cccc(C(=O)N3CCCCC3)c2)c1. The van der Waals surface area contributed by atoms with E-state index >= 15 is 0 Å². The van der Waals surface area contributed by atoms with Crippen LogP contribution in [-0.4, -0.2) is 29.8 Å². The number of hydrogen-bond acceptors (Lipinski definition) is 3. The van der Waals surface area contributed by atoms with Gasteiger partial charge < -0.3 is 16.0 Å². The van der Waals surface area contributed by atoms with Gasteiger partial charge in [0.15, 0.2) is 0 Å². The number of piperidine rings is 1. The summed E-state index contributed by atoms with van der Waals surface area (Å²) in [6.07, 6.45) is 3.29. The van der Waals surface area contributed by atoms with Crippen LogP contribution in [-0.2, 0) is 0 Å². The average Bonchev–Trinajstić information content (AvgIpc) is 2.62. The second-order valence-corrected chi connectivity index (χ2v) is 6.01. The van der Waals surface area contributed by atoms with Gasteiger partial charge in [-0.15, -0.1) is 12.4 Å². The van der Waals surface area contributed by atoms with Crippen molar-refractivity contribution in [3.8, 4) is 0 Å². The summed E-state index contributed by atoms with van der Waals surface area (Å²) in [6.45, 7) is 1.61. The molecule has 1 fully saturated rings. The Morgan fingerprint density at radius 3 is 2.32 bits per heavy atom. The molecule has 0 aliphatic carbocycles. The summed E-state index contributed by atoms with van der Waals surface area (Å²) >= 11 is 0. The third-order valence-electron chi connectivity index (χ3n) is 4.16. The number of nitrogen functional groups attached to an aromatic ring is 1. The number of benzene rings is 2. The zero-order valence-corrected chi connectivity index (χ0v) is 14.7. The van der Waals surface area contributed by atoms with E-state index in [1.54, 1.807) is 48.5 Å². The second-order valence-electron chi connectivity index (χ2n) is 6.01.